The lowest BCUT2D eigenvalue weighted by Gasteiger charge is -2.26. The van der Waals surface area contributed by atoms with E-state index < -0.39 is 10.2 Å². The Hall–Kier alpha value is 0.120. The quantitative estimate of drug-likeness (QED) is 0.763. The lowest BCUT2D eigenvalue weighted by molar-refractivity contribution is 0.341. The summed E-state index contributed by atoms with van der Waals surface area (Å²) in [5.41, 5.74) is 5.55. The minimum absolute atomic E-state index is 0. The number of halogens is 1. The first kappa shape index (κ1) is 16.1. The summed E-state index contributed by atoms with van der Waals surface area (Å²) < 4.78 is 27.6. The maximum absolute atomic E-state index is 11.7. The molecule has 0 bridgehead atoms. The highest BCUT2D eigenvalue weighted by atomic mass is 35.5. The fourth-order valence-electron chi connectivity index (χ4n) is 1.61. The van der Waals surface area contributed by atoms with Gasteiger partial charge in [-0.15, -0.1) is 12.4 Å². The molecule has 1 saturated heterocycles. The van der Waals surface area contributed by atoms with E-state index in [1.54, 1.807) is 0 Å². The van der Waals surface area contributed by atoms with Gasteiger partial charge < -0.3 is 5.73 Å². The summed E-state index contributed by atoms with van der Waals surface area (Å²) in [5.74, 6) is 0. The van der Waals surface area contributed by atoms with Crippen LogP contribution in [0.4, 0.5) is 0 Å². The van der Waals surface area contributed by atoms with Crippen LogP contribution in [-0.2, 0) is 10.2 Å². The van der Waals surface area contributed by atoms with Crippen molar-refractivity contribution in [3.63, 3.8) is 0 Å². The molecule has 5 nitrogen and oxygen atoms in total. The van der Waals surface area contributed by atoms with Crippen molar-refractivity contribution >= 4 is 22.6 Å². The number of hydrogen-bond donors (Lipinski definition) is 2. The van der Waals surface area contributed by atoms with Gasteiger partial charge in [0.1, 0.15) is 0 Å². The Morgan fingerprint density at radius 2 is 1.88 bits per heavy atom. The minimum atomic E-state index is -3.25. The molecule has 98 valence electrons. The Morgan fingerprint density at radius 1 is 1.31 bits per heavy atom. The third kappa shape index (κ3) is 5.45. The van der Waals surface area contributed by atoms with Crippen LogP contribution in [-0.4, -0.2) is 38.4 Å². The zero-order valence-electron chi connectivity index (χ0n) is 9.68. The lowest BCUT2D eigenvalue weighted by Crippen LogP contribution is -2.44. The monoisotopic (exact) mass is 271 g/mol. The molecule has 1 atom stereocenters. The second-order valence-electron chi connectivity index (χ2n) is 4.13. The summed E-state index contributed by atoms with van der Waals surface area (Å²) in [5, 5.41) is 0. The van der Waals surface area contributed by atoms with Crippen LogP contribution in [0.2, 0.25) is 0 Å². The van der Waals surface area contributed by atoms with Crippen LogP contribution in [0.3, 0.4) is 0 Å². The number of piperidine rings is 1. The molecule has 0 aromatic heterocycles. The van der Waals surface area contributed by atoms with Crippen LogP contribution < -0.4 is 10.5 Å². The molecule has 0 aromatic carbocycles. The third-order valence-corrected chi connectivity index (χ3v) is 4.15. The van der Waals surface area contributed by atoms with Crippen LogP contribution in [0, 0.1) is 0 Å². The van der Waals surface area contributed by atoms with Crippen molar-refractivity contribution in [2.24, 2.45) is 5.73 Å². The normalized spacial score (nSPS) is 20.1. The van der Waals surface area contributed by atoms with Crippen LogP contribution in [0.5, 0.6) is 0 Å². The van der Waals surface area contributed by atoms with Crippen LogP contribution >= 0.6 is 12.4 Å². The summed E-state index contributed by atoms with van der Waals surface area (Å²) in [7, 11) is -3.25. The van der Waals surface area contributed by atoms with Gasteiger partial charge in [-0.25, -0.2) is 4.72 Å². The van der Waals surface area contributed by atoms with Gasteiger partial charge in [0.05, 0.1) is 0 Å². The smallest absolute Gasteiger partial charge is 0.279 e. The summed E-state index contributed by atoms with van der Waals surface area (Å²) in [6, 6.07) is 0.0362. The maximum atomic E-state index is 11.7. The van der Waals surface area contributed by atoms with Crippen LogP contribution in [0.25, 0.3) is 0 Å². The first-order valence-electron chi connectivity index (χ1n) is 5.52. The second kappa shape index (κ2) is 7.45. The fourth-order valence-corrected chi connectivity index (χ4v) is 2.91. The van der Waals surface area contributed by atoms with Crippen molar-refractivity contribution in [1.82, 2.24) is 9.03 Å². The molecule has 1 heterocycles. The highest BCUT2D eigenvalue weighted by Gasteiger charge is 2.22. The lowest BCUT2D eigenvalue weighted by atomic mass is 10.2. The molecule has 1 unspecified atom stereocenters. The molecule has 1 aliphatic rings. The molecule has 0 radical (unpaired) electrons. The van der Waals surface area contributed by atoms with E-state index in [-0.39, 0.29) is 18.4 Å². The highest BCUT2D eigenvalue weighted by molar-refractivity contribution is 7.87. The van der Waals surface area contributed by atoms with Gasteiger partial charge in [-0.2, -0.15) is 12.7 Å². The zero-order valence-corrected chi connectivity index (χ0v) is 11.3. The van der Waals surface area contributed by atoms with Gasteiger partial charge >= 0.3 is 0 Å². The van der Waals surface area contributed by atoms with Gasteiger partial charge in [0.15, 0.2) is 0 Å². The Kier molecular flexibility index (Phi) is 7.50. The number of nitrogens with one attached hydrogen (secondary N) is 1. The van der Waals surface area contributed by atoms with E-state index in [2.05, 4.69) is 4.72 Å². The number of hydrogen-bond acceptors (Lipinski definition) is 3. The topological polar surface area (TPSA) is 75.4 Å². The van der Waals surface area contributed by atoms with Crippen molar-refractivity contribution in [2.75, 3.05) is 19.6 Å². The zero-order chi connectivity index (χ0) is 11.3. The van der Waals surface area contributed by atoms with E-state index in [1.165, 1.54) is 4.31 Å². The van der Waals surface area contributed by atoms with Gasteiger partial charge in [0, 0.05) is 25.7 Å². The van der Waals surface area contributed by atoms with Gasteiger partial charge in [0.2, 0.25) is 0 Å². The van der Waals surface area contributed by atoms with Crippen molar-refractivity contribution < 1.29 is 8.42 Å². The van der Waals surface area contributed by atoms with Crippen LogP contribution in [0.15, 0.2) is 0 Å². The summed E-state index contributed by atoms with van der Waals surface area (Å²) in [4.78, 5) is 0. The molecular formula is C9H22ClN3O2S. The van der Waals surface area contributed by atoms with E-state index >= 15 is 0 Å². The first-order chi connectivity index (χ1) is 7.02. The van der Waals surface area contributed by atoms with E-state index in [0.29, 0.717) is 26.1 Å². The number of rotatable bonds is 5. The summed E-state index contributed by atoms with van der Waals surface area (Å²) >= 11 is 0. The molecule has 1 rings (SSSR count). The Morgan fingerprint density at radius 3 is 2.38 bits per heavy atom. The number of nitrogens with zero attached hydrogens (tertiary/aromatic N) is 1. The van der Waals surface area contributed by atoms with Crippen molar-refractivity contribution in [3.05, 3.63) is 0 Å². The Labute approximate surface area is 104 Å². The van der Waals surface area contributed by atoms with Gasteiger partial charge in [-0.1, -0.05) is 6.42 Å². The van der Waals surface area contributed by atoms with Crippen molar-refractivity contribution in [2.45, 2.75) is 38.6 Å². The molecule has 0 amide bonds. The fraction of sp³-hybridized carbons (Fsp3) is 1.00. The molecule has 7 heteroatoms. The standard InChI is InChI=1S/C9H21N3O2S.ClH/c1-9(10)5-6-11-15(13,14)12-7-3-2-4-8-12;/h9,11H,2-8,10H2,1H3;1H. The average Bonchev–Trinajstić information content (AvgIpc) is 2.18. The molecule has 3 N–H and O–H groups in total. The van der Waals surface area contributed by atoms with Crippen molar-refractivity contribution in [3.8, 4) is 0 Å². The van der Waals surface area contributed by atoms with E-state index in [9.17, 15) is 8.42 Å². The van der Waals surface area contributed by atoms with Gasteiger partial charge in [-0.05, 0) is 26.2 Å². The van der Waals surface area contributed by atoms with E-state index in [4.69, 9.17) is 5.73 Å². The third-order valence-electron chi connectivity index (χ3n) is 2.54. The van der Waals surface area contributed by atoms with E-state index in [1.807, 2.05) is 6.92 Å². The SMILES string of the molecule is CC(N)CCNS(=O)(=O)N1CCCCC1.Cl. The molecule has 0 saturated carbocycles. The largest absolute Gasteiger partial charge is 0.328 e. The molecule has 16 heavy (non-hydrogen) atoms. The maximum Gasteiger partial charge on any atom is 0.279 e. The molecular weight excluding hydrogens is 250 g/mol. The number of nitrogens with two attached hydrogens (primary N) is 1. The van der Waals surface area contributed by atoms with Crippen LogP contribution in [0.1, 0.15) is 32.6 Å². The molecule has 0 aromatic rings. The predicted octanol–water partition coefficient (Wildman–Crippen LogP) is 0.466. The molecule has 0 spiro atoms. The van der Waals surface area contributed by atoms with Gasteiger partial charge in [-0.3, -0.25) is 0 Å². The molecule has 0 aliphatic carbocycles. The first-order valence-corrected chi connectivity index (χ1v) is 6.97. The molecule has 1 fully saturated rings. The average molecular weight is 272 g/mol. The van der Waals surface area contributed by atoms with E-state index in [0.717, 1.165) is 19.3 Å². The summed E-state index contributed by atoms with van der Waals surface area (Å²) in [6.45, 7) is 3.59. The molecule has 1 aliphatic heterocycles. The second-order valence-corrected chi connectivity index (χ2v) is 5.88. The van der Waals surface area contributed by atoms with Gasteiger partial charge in [0.25, 0.3) is 10.2 Å². The van der Waals surface area contributed by atoms with Crippen molar-refractivity contribution in [1.29, 1.82) is 0 Å². The Bertz CT molecular complexity index is 276. The predicted molar refractivity (Wildman–Crippen MR) is 67.9 cm³/mol. The highest BCUT2D eigenvalue weighted by Crippen LogP contribution is 2.11. The minimum Gasteiger partial charge on any atom is -0.328 e. The Balaban J connectivity index is 0.00000225. The summed E-state index contributed by atoms with van der Waals surface area (Å²) in [6.07, 6.45) is 3.74.